The van der Waals surface area contributed by atoms with E-state index in [1.54, 1.807) is 0 Å². The predicted octanol–water partition coefficient (Wildman–Crippen LogP) is 4.77. The smallest absolute Gasteiger partial charge is 0.159 e. The average Bonchev–Trinajstić information content (AvgIpc) is 2.84. The highest BCUT2D eigenvalue weighted by molar-refractivity contribution is 5.16. The van der Waals surface area contributed by atoms with Crippen LogP contribution in [0.1, 0.15) is 50.5 Å². The van der Waals surface area contributed by atoms with Crippen molar-refractivity contribution in [2.45, 2.75) is 57.7 Å². The number of halogens is 3. The van der Waals surface area contributed by atoms with Gasteiger partial charge >= 0.3 is 0 Å². The molecule has 2 unspecified atom stereocenters. The molecule has 1 saturated heterocycles. The van der Waals surface area contributed by atoms with Crippen LogP contribution in [0.3, 0.4) is 0 Å². The number of benzene rings is 1. The second kappa shape index (κ2) is 10.7. The Labute approximate surface area is 142 Å². The van der Waals surface area contributed by atoms with Gasteiger partial charge in [0.15, 0.2) is 11.6 Å². The lowest BCUT2D eigenvalue weighted by molar-refractivity contribution is 0.0651. The molecule has 136 valence electrons. The van der Waals surface area contributed by atoms with Gasteiger partial charge in [0.05, 0.1) is 13.2 Å². The Morgan fingerprint density at radius 1 is 1.17 bits per heavy atom. The Bertz CT molecular complexity index is 476. The molecule has 1 N–H and O–H groups in total. The first-order valence-electron chi connectivity index (χ1n) is 9.01. The molecule has 1 aromatic rings. The summed E-state index contributed by atoms with van der Waals surface area (Å²) in [6.45, 7) is 2.32. The first-order valence-corrected chi connectivity index (χ1v) is 9.01. The van der Waals surface area contributed by atoms with E-state index in [1.807, 2.05) is 0 Å². The molecule has 1 aromatic carbocycles. The van der Waals surface area contributed by atoms with Crippen molar-refractivity contribution in [1.82, 2.24) is 5.32 Å². The van der Waals surface area contributed by atoms with Gasteiger partial charge in [-0.15, -0.1) is 0 Å². The van der Waals surface area contributed by atoms with Crippen LogP contribution in [-0.2, 0) is 11.3 Å². The van der Waals surface area contributed by atoms with Crippen LogP contribution in [0.4, 0.5) is 13.2 Å². The van der Waals surface area contributed by atoms with Gasteiger partial charge in [0.1, 0.15) is 6.17 Å². The monoisotopic (exact) mass is 343 g/mol. The van der Waals surface area contributed by atoms with Crippen molar-refractivity contribution in [3.63, 3.8) is 0 Å². The molecule has 0 spiro atoms. The number of rotatable bonds is 9. The summed E-state index contributed by atoms with van der Waals surface area (Å²) in [5.74, 6) is -1.05. The summed E-state index contributed by atoms with van der Waals surface area (Å²) in [7, 11) is 0. The van der Waals surface area contributed by atoms with E-state index >= 15 is 0 Å². The molecule has 24 heavy (non-hydrogen) atoms. The lowest BCUT2D eigenvalue weighted by Crippen LogP contribution is -2.20. The topological polar surface area (TPSA) is 21.3 Å². The highest BCUT2D eigenvalue weighted by Gasteiger charge is 2.12. The van der Waals surface area contributed by atoms with Gasteiger partial charge in [-0.25, -0.2) is 13.2 Å². The summed E-state index contributed by atoms with van der Waals surface area (Å²) in [6.07, 6.45) is 6.42. The normalized spacial score (nSPS) is 19.9. The second-order valence-corrected chi connectivity index (χ2v) is 6.71. The SMILES string of the molecule is Fc1ccc(COCC(F)CCCCC2CCCCNC2)cc1F. The molecule has 1 aliphatic rings. The van der Waals surface area contributed by atoms with E-state index < -0.39 is 17.8 Å². The summed E-state index contributed by atoms with van der Waals surface area (Å²) < 4.78 is 44.9. The van der Waals surface area contributed by atoms with Gasteiger partial charge in [-0.3, -0.25) is 0 Å². The number of nitrogens with one attached hydrogen (secondary N) is 1. The lowest BCUT2D eigenvalue weighted by Gasteiger charge is -2.14. The number of unbranched alkanes of at least 4 members (excludes halogenated alkanes) is 1. The molecule has 1 fully saturated rings. The first kappa shape index (κ1) is 19.3. The molecule has 0 aromatic heterocycles. The number of ether oxygens (including phenoxy) is 1. The fraction of sp³-hybridized carbons (Fsp3) is 0.684. The molecule has 2 nitrogen and oxygen atoms in total. The molecule has 0 saturated carbocycles. The van der Waals surface area contributed by atoms with Gasteiger partial charge < -0.3 is 10.1 Å². The minimum Gasteiger partial charge on any atom is -0.374 e. The van der Waals surface area contributed by atoms with Gasteiger partial charge in [0, 0.05) is 0 Å². The van der Waals surface area contributed by atoms with Gasteiger partial charge in [-0.05, 0) is 62.4 Å². The van der Waals surface area contributed by atoms with Crippen LogP contribution < -0.4 is 5.32 Å². The van der Waals surface area contributed by atoms with Crippen LogP contribution in [0.5, 0.6) is 0 Å². The minimum absolute atomic E-state index is 0.00395. The summed E-state index contributed by atoms with van der Waals surface area (Å²) >= 11 is 0. The molecule has 5 heteroatoms. The third-order valence-electron chi connectivity index (χ3n) is 4.58. The minimum atomic E-state index is -0.998. The highest BCUT2D eigenvalue weighted by Crippen LogP contribution is 2.19. The molecule has 0 aliphatic carbocycles. The highest BCUT2D eigenvalue weighted by atomic mass is 19.2. The molecular formula is C19H28F3NO. The third kappa shape index (κ3) is 7.22. The summed E-state index contributed by atoms with van der Waals surface area (Å²) in [5.41, 5.74) is 0.516. The van der Waals surface area contributed by atoms with Crippen LogP contribution >= 0.6 is 0 Å². The third-order valence-corrected chi connectivity index (χ3v) is 4.58. The van der Waals surface area contributed by atoms with Crippen molar-refractivity contribution in [1.29, 1.82) is 0 Å². The van der Waals surface area contributed by atoms with E-state index in [0.717, 1.165) is 50.4 Å². The fourth-order valence-electron chi connectivity index (χ4n) is 3.15. The van der Waals surface area contributed by atoms with Crippen molar-refractivity contribution in [2.75, 3.05) is 19.7 Å². The van der Waals surface area contributed by atoms with Crippen molar-refractivity contribution >= 4 is 0 Å². The largest absolute Gasteiger partial charge is 0.374 e. The molecule has 0 radical (unpaired) electrons. The molecule has 0 bridgehead atoms. The van der Waals surface area contributed by atoms with Crippen LogP contribution in [0.25, 0.3) is 0 Å². The standard InChI is InChI=1S/C19H28F3NO/c20-17(7-2-1-5-15-6-3-4-10-23-12-15)14-24-13-16-8-9-18(21)19(22)11-16/h8-9,11,15,17,23H,1-7,10,12-14H2. The zero-order chi connectivity index (χ0) is 17.2. The van der Waals surface area contributed by atoms with E-state index in [2.05, 4.69) is 5.32 Å². The van der Waals surface area contributed by atoms with Crippen LogP contribution in [0, 0.1) is 17.6 Å². The Kier molecular flexibility index (Phi) is 8.60. The van der Waals surface area contributed by atoms with Gasteiger partial charge in [0.25, 0.3) is 0 Å². The average molecular weight is 343 g/mol. The summed E-state index contributed by atoms with van der Waals surface area (Å²) in [5, 5.41) is 3.45. The maximum Gasteiger partial charge on any atom is 0.159 e. The fourth-order valence-corrected chi connectivity index (χ4v) is 3.15. The number of hydrogen-bond donors (Lipinski definition) is 1. The van der Waals surface area contributed by atoms with Crippen LogP contribution in [0.2, 0.25) is 0 Å². The Hall–Kier alpha value is -1.07. The van der Waals surface area contributed by atoms with Crippen LogP contribution in [-0.4, -0.2) is 25.9 Å². The number of hydrogen-bond acceptors (Lipinski definition) is 2. The van der Waals surface area contributed by atoms with Crippen molar-refractivity contribution in [3.8, 4) is 0 Å². The van der Waals surface area contributed by atoms with Crippen molar-refractivity contribution in [2.24, 2.45) is 5.92 Å². The van der Waals surface area contributed by atoms with Crippen molar-refractivity contribution < 1.29 is 17.9 Å². The molecule has 1 heterocycles. The summed E-state index contributed by atoms with van der Waals surface area (Å²) in [6, 6.07) is 3.60. The van der Waals surface area contributed by atoms with Gasteiger partial charge in [0.2, 0.25) is 0 Å². The molecule has 1 aliphatic heterocycles. The lowest BCUT2D eigenvalue weighted by atomic mass is 9.96. The Morgan fingerprint density at radius 2 is 2.04 bits per heavy atom. The summed E-state index contributed by atoms with van der Waals surface area (Å²) in [4.78, 5) is 0. The molecule has 2 rings (SSSR count). The van der Waals surface area contributed by atoms with Crippen molar-refractivity contribution in [3.05, 3.63) is 35.4 Å². The van der Waals surface area contributed by atoms with E-state index in [0.29, 0.717) is 12.0 Å². The predicted molar refractivity (Wildman–Crippen MR) is 89.6 cm³/mol. The Balaban J connectivity index is 1.53. The van der Waals surface area contributed by atoms with E-state index in [9.17, 15) is 13.2 Å². The molecular weight excluding hydrogens is 315 g/mol. The second-order valence-electron chi connectivity index (χ2n) is 6.71. The number of alkyl halides is 1. The quantitative estimate of drug-likeness (QED) is 0.652. The zero-order valence-corrected chi connectivity index (χ0v) is 14.2. The van der Waals surface area contributed by atoms with E-state index in [-0.39, 0.29) is 13.2 Å². The molecule has 0 amide bonds. The molecule has 2 atom stereocenters. The van der Waals surface area contributed by atoms with Gasteiger partial charge in [-0.2, -0.15) is 0 Å². The van der Waals surface area contributed by atoms with Crippen LogP contribution in [0.15, 0.2) is 18.2 Å². The maximum atomic E-state index is 13.8. The maximum absolute atomic E-state index is 13.8. The van der Waals surface area contributed by atoms with Gasteiger partial charge in [-0.1, -0.05) is 25.3 Å². The zero-order valence-electron chi connectivity index (χ0n) is 14.2. The van der Waals surface area contributed by atoms with E-state index in [4.69, 9.17) is 4.74 Å². The first-order chi connectivity index (χ1) is 11.6. The Morgan fingerprint density at radius 3 is 2.88 bits per heavy atom. The van der Waals surface area contributed by atoms with E-state index in [1.165, 1.54) is 25.3 Å².